The molecule has 0 saturated carbocycles. The third-order valence-electron chi connectivity index (χ3n) is 7.14. The number of ether oxygens (including phenoxy) is 5. The third kappa shape index (κ3) is 12.5. The number of benzene rings is 4. The lowest BCUT2D eigenvalue weighted by Gasteiger charge is -2.44. The second kappa shape index (κ2) is 19.1. The predicted octanol–water partition coefficient (Wildman–Crippen LogP) is 6.52. The van der Waals surface area contributed by atoms with Crippen LogP contribution in [0.5, 0.6) is 0 Å². The number of primary amides is 1. The first-order chi connectivity index (χ1) is 22.7. The van der Waals surface area contributed by atoms with Crippen LogP contribution in [-0.4, -0.2) is 52.1 Å². The normalized spacial score (nSPS) is 21.0. The maximum atomic E-state index is 11.2. The van der Waals surface area contributed by atoms with Crippen molar-refractivity contribution in [3.05, 3.63) is 144 Å². The van der Waals surface area contributed by atoms with Crippen molar-refractivity contribution in [3.63, 3.8) is 0 Å². The standard InChI is InChI=1S/C34H36O6.C2H2Cl3NO/c35-34-33(39-24-29-19-11-4-12-20-29)32(38-23-28-17-9-3-10-18-28)31(37-22-27-15-7-2-8-16-27)30(40-34)25-36-21-26-13-5-1-6-14-26;3-2(4,5)1(6)7/h1-20,30-35H,21-25H2;(H2,6,7)/t30-,31-,32+,33-,34+;/m1./s1. The van der Waals surface area contributed by atoms with E-state index < -0.39 is 40.4 Å². The summed E-state index contributed by atoms with van der Waals surface area (Å²) in [5.74, 6) is -0.961. The molecule has 1 amide bonds. The quantitative estimate of drug-likeness (QED) is 0.153. The van der Waals surface area contributed by atoms with Gasteiger partial charge in [0.25, 0.3) is 9.70 Å². The Hall–Kier alpha value is -3.02. The van der Waals surface area contributed by atoms with Gasteiger partial charge in [-0.15, -0.1) is 0 Å². The molecular formula is C36H38Cl3NO7. The topological polar surface area (TPSA) is 109 Å². The Morgan fingerprint density at radius 1 is 0.617 bits per heavy atom. The fourth-order valence-corrected chi connectivity index (χ4v) is 4.77. The molecular weight excluding hydrogens is 665 g/mol. The lowest BCUT2D eigenvalue weighted by molar-refractivity contribution is -0.317. The summed E-state index contributed by atoms with van der Waals surface area (Å²) in [5.41, 5.74) is 8.63. The van der Waals surface area contributed by atoms with Gasteiger partial charge in [0, 0.05) is 0 Å². The lowest BCUT2D eigenvalue weighted by atomic mass is 9.98. The van der Waals surface area contributed by atoms with Crippen LogP contribution in [0.4, 0.5) is 0 Å². The van der Waals surface area contributed by atoms with Crippen LogP contribution in [-0.2, 0) is 54.9 Å². The molecule has 5 rings (SSSR count). The zero-order chi connectivity index (χ0) is 33.5. The molecule has 1 fully saturated rings. The molecule has 0 radical (unpaired) electrons. The number of rotatable bonds is 13. The number of amides is 1. The zero-order valence-corrected chi connectivity index (χ0v) is 27.8. The van der Waals surface area contributed by atoms with E-state index in [9.17, 15) is 9.90 Å². The summed E-state index contributed by atoms with van der Waals surface area (Å²) >= 11 is 14.8. The van der Waals surface area contributed by atoms with Crippen LogP contribution in [0.1, 0.15) is 22.3 Å². The fourth-order valence-electron chi connectivity index (χ4n) is 4.77. The Labute approximate surface area is 290 Å². The highest BCUT2D eigenvalue weighted by Crippen LogP contribution is 2.30. The molecule has 1 saturated heterocycles. The molecule has 4 aromatic carbocycles. The number of alkyl halides is 3. The van der Waals surface area contributed by atoms with Crippen molar-refractivity contribution in [3.8, 4) is 0 Å². The Kier molecular flexibility index (Phi) is 15.0. The van der Waals surface area contributed by atoms with E-state index in [1.54, 1.807) is 0 Å². The molecule has 1 aliphatic heterocycles. The molecule has 1 aliphatic rings. The SMILES string of the molecule is NC(=O)C(Cl)(Cl)Cl.O[C@H]1O[C@H](COCc2ccccc2)[C@@H](OCc2ccccc2)[C@H](OCc2ccccc2)[C@H]1OCc1ccccc1. The van der Waals surface area contributed by atoms with E-state index >= 15 is 0 Å². The number of hydrogen-bond acceptors (Lipinski definition) is 7. The van der Waals surface area contributed by atoms with Gasteiger partial charge in [-0.1, -0.05) is 156 Å². The highest BCUT2D eigenvalue weighted by atomic mass is 35.6. The molecule has 4 aromatic rings. The van der Waals surface area contributed by atoms with Gasteiger partial charge in [-0.2, -0.15) is 0 Å². The zero-order valence-electron chi connectivity index (χ0n) is 25.6. The van der Waals surface area contributed by atoms with E-state index in [-0.39, 0.29) is 6.61 Å². The van der Waals surface area contributed by atoms with Crippen LogP contribution in [0.2, 0.25) is 0 Å². The van der Waals surface area contributed by atoms with Gasteiger partial charge in [-0.3, -0.25) is 4.79 Å². The van der Waals surface area contributed by atoms with Crippen molar-refractivity contribution in [2.24, 2.45) is 5.73 Å². The van der Waals surface area contributed by atoms with E-state index in [1.165, 1.54) is 0 Å². The lowest BCUT2D eigenvalue weighted by Crippen LogP contribution is -2.61. The third-order valence-corrected chi connectivity index (χ3v) is 7.70. The molecule has 47 heavy (non-hydrogen) atoms. The average molecular weight is 703 g/mol. The van der Waals surface area contributed by atoms with Crippen molar-refractivity contribution in [1.82, 2.24) is 0 Å². The van der Waals surface area contributed by atoms with Crippen LogP contribution in [0.3, 0.4) is 0 Å². The largest absolute Gasteiger partial charge is 0.374 e. The maximum Gasteiger partial charge on any atom is 0.269 e. The van der Waals surface area contributed by atoms with Crippen molar-refractivity contribution in [1.29, 1.82) is 0 Å². The number of carbonyl (C=O) groups excluding carboxylic acids is 1. The molecule has 0 aromatic heterocycles. The van der Waals surface area contributed by atoms with Gasteiger partial charge in [-0.05, 0) is 22.3 Å². The van der Waals surface area contributed by atoms with Gasteiger partial charge in [0.1, 0.15) is 24.4 Å². The van der Waals surface area contributed by atoms with Crippen molar-refractivity contribution >= 4 is 40.7 Å². The minimum Gasteiger partial charge on any atom is -0.374 e. The van der Waals surface area contributed by atoms with Crippen LogP contribution >= 0.6 is 34.8 Å². The second-order valence-corrected chi connectivity index (χ2v) is 13.0. The first kappa shape index (κ1) is 36.8. The Morgan fingerprint density at radius 2 is 0.957 bits per heavy atom. The molecule has 11 heteroatoms. The molecule has 5 atom stereocenters. The number of halogens is 3. The van der Waals surface area contributed by atoms with Gasteiger partial charge in [0.15, 0.2) is 6.29 Å². The molecule has 8 nitrogen and oxygen atoms in total. The Balaban J connectivity index is 0.000000644. The molecule has 1 heterocycles. The average Bonchev–Trinajstić information content (AvgIpc) is 3.08. The molecule has 3 N–H and O–H groups in total. The number of aliphatic hydroxyl groups is 1. The smallest absolute Gasteiger partial charge is 0.269 e. The molecule has 250 valence electrons. The minimum absolute atomic E-state index is 0.224. The number of carbonyl (C=O) groups is 1. The summed E-state index contributed by atoms with van der Waals surface area (Å²) < 4.78 is 29.5. The Morgan fingerprint density at radius 3 is 1.34 bits per heavy atom. The van der Waals surface area contributed by atoms with E-state index in [2.05, 4.69) is 5.73 Å². The summed E-state index contributed by atoms with van der Waals surface area (Å²) in [6.45, 7) is 1.65. The summed E-state index contributed by atoms with van der Waals surface area (Å²) in [4.78, 5) is 9.85. The summed E-state index contributed by atoms with van der Waals surface area (Å²) in [7, 11) is 0. The Bertz CT molecular complexity index is 1450. The molecule has 0 aliphatic carbocycles. The van der Waals surface area contributed by atoms with Gasteiger partial charge >= 0.3 is 0 Å². The maximum absolute atomic E-state index is 11.2. The monoisotopic (exact) mass is 701 g/mol. The van der Waals surface area contributed by atoms with E-state index in [4.69, 9.17) is 58.5 Å². The van der Waals surface area contributed by atoms with E-state index in [1.807, 2.05) is 121 Å². The summed E-state index contributed by atoms with van der Waals surface area (Å²) in [5, 5.41) is 11.2. The molecule has 0 unspecified atom stereocenters. The number of hydrogen-bond donors (Lipinski definition) is 2. The van der Waals surface area contributed by atoms with Crippen LogP contribution in [0, 0.1) is 0 Å². The fraction of sp³-hybridized carbons (Fsp3) is 0.306. The number of aliphatic hydroxyl groups excluding tert-OH is 1. The minimum atomic E-state index is -1.94. The molecule has 0 spiro atoms. The van der Waals surface area contributed by atoms with E-state index in [0.29, 0.717) is 26.4 Å². The van der Waals surface area contributed by atoms with Crippen molar-refractivity contribution < 1.29 is 33.6 Å². The van der Waals surface area contributed by atoms with Crippen LogP contribution in [0.15, 0.2) is 121 Å². The highest BCUT2D eigenvalue weighted by Gasteiger charge is 2.48. The van der Waals surface area contributed by atoms with Gasteiger partial charge in [0.2, 0.25) is 0 Å². The first-order valence-corrected chi connectivity index (χ1v) is 16.1. The second-order valence-electron chi connectivity index (χ2n) is 10.7. The summed E-state index contributed by atoms with van der Waals surface area (Å²) in [6, 6.07) is 39.7. The highest BCUT2D eigenvalue weighted by molar-refractivity contribution is 6.76. The van der Waals surface area contributed by atoms with E-state index in [0.717, 1.165) is 22.3 Å². The van der Waals surface area contributed by atoms with Crippen molar-refractivity contribution in [2.45, 2.75) is 60.9 Å². The van der Waals surface area contributed by atoms with Gasteiger partial charge < -0.3 is 34.5 Å². The van der Waals surface area contributed by atoms with Crippen molar-refractivity contribution in [2.75, 3.05) is 6.61 Å². The van der Waals surface area contributed by atoms with Gasteiger partial charge in [-0.25, -0.2) is 0 Å². The number of nitrogens with two attached hydrogens (primary N) is 1. The van der Waals surface area contributed by atoms with Crippen LogP contribution < -0.4 is 5.73 Å². The van der Waals surface area contributed by atoms with Crippen LogP contribution in [0.25, 0.3) is 0 Å². The molecule has 0 bridgehead atoms. The van der Waals surface area contributed by atoms with Gasteiger partial charge in [0.05, 0.1) is 33.0 Å². The summed E-state index contributed by atoms with van der Waals surface area (Å²) in [6.07, 6.45) is -3.72. The predicted molar refractivity (Wildman–Crippen MR) is 182 cm³/mol. The first-order valence-electron chi connectivity index (χ1n) is 15.0.